The van der Waals surface area contributed by atoms with Crippen molar-refractivity contribution in [2.45, 2.75) is 33.2 Å². The van der Waals surface area contributed by atoms with Crippen LogP contribution < -0.4 is 0 Å². The van der Waals surface area contributed by atoms with Crippen LogP contribution in [0.4, 0.5) is 0 Å². The van der Waals surface area contributed by atoms with Gasteiger partial charge in [0.2, 0.25) is 5.91 Å². The fourth-order valence-corrected chi connectivity index (χ4v) is 4.84. The summed E-state index contributed by atoms with van der Waals surface area (Å²) in [4.78, 5) is 33.8. The molecule has 0 aliphatic carbocycles. The van der Waals surface area contributed by atoms with Gasteiger partial charge in [0.15, 0.2) is 0 Å². The fourth-order valence-electron chi connectivity index (χ4n) is 4.39. The van der Waals surface area contributed by atoms with E-state index >= 15 is 0 Å². The topological polar surface area (TPSA) is 56.4 Å². The summed E-state index contributed by atoms with van der Waals surface area (Å²) in [6.45, 7) is 5.72. The van der Waals surface area contributed by atoms with Crippen molar-refractivity contribution < 1.29 is 9.59 Å². The first-order valence-electron chi connectivity index (χ1n) is 12.4. The number of benzene rings is 3. The molecule has 3 aromatic carbocycles. The van der Waals surface area contributed by atoms with Gasteiger partial charge in [-0.05, 0) is 65.0 Å². The summed E-state index contributed by atoms with van der Waals surface area (Å²) in [6, 6.07) is 23.8. The van der Waals surface area contributed by atoms with E-state index in [1.807, 2.05) is 48.4 Å². The molecule has 36 heavy (non-hydrogen) atoms. The third-order valence-corrected chi connectivity index (χ3v) is 7.08. The number of H-pyrrole nitrogens is 1. The standard InChI is InChI=1S/C30H32BrN3O2/c1-3-17-34(30(36)26-9-4-6-10-27(26)31)21-29(35)33(20-23-14-12-22(2)13-15-23)18-16-24-19-32-28-11-7-5-8-25(24)28/h4-15,19,32H,3,16-18,20-21H2,1-2H3. The Balaban J connectivity index is 1.54. The zero-order chi connectivity index (χ0) is 25.5. The third-order valence-electron chi connectivity index (χ3n) is 6.38. The van der Waals surface area contributed by atoms with Crippen molar-refractivity contribution in [3.63, 3.8) is 0 Å². The lowest BCUT2D eigenvalue weighted by Crippen LogP contribution is -2.43. The molecular formula is C30H32BrN3O2. The molecule has 0 fully saturated rings. The van der Waals surface area contributed by atoms with Crippen molar-refractivity contribution in [3.05, 3.63) is 106 Å². The largest absolute Gasteiger partial charge is 0.361 e. The van der Waals surface area contributed by atoms with Crippen LogP contribution in [-0.2, 0) is 17.8 Å². The number of aromatic nitrogens is 1. The lowest BCUT2D eigenvalue weighted by atomic mass is 10.1. The number of aromatic amines is 1. The van der Waals surface area contributed by atoms with Gasteiger partial charge in [-0.25, -0.2) is 0 Å². The van der Waals surface area contributed by atoms with Crippen molar-refractivity contribution in [3.8, 4) is 0 Å². The maximum Gasteiger partial charge on any atom is 0.255 e. The van der Waals surface area contributed by atoms with E-state index in [0.717, 1.165) is 28.4 Å². The lowest BCUT2D eigenvalue weighted by molar-refractivity contribution is -0.132. The van der Waals surface area contributed by atoms with Gasteiger partial charge in [-0.1, -0.05) is 67.1 Å². The number of hydrogen-bond donors (Lipinski definition) is 1. The molecule has 4 rings (SSSR count). The number of carbonyl (C=O) groups excluding carboxylic acids is 2. The number of amides is 2. The number of hydrogen-bond acceptors (Lipinski definition) is 2. The minimum Gasteiger partial charge on any atom is -0.361 e. The molecule has 0 aliphatic rings. The van der Waals surface area contributed by atoms with E-state index in [2.05, 4.69) is 64.2 Å². The first kappa shape index (κ1) is 25.7. The molecule has 0 saturated carbocycles. The Hall–Kier alpha value is -3.38. The predicted molar refractivity (Wildman–Crippen MR) is 149 cm³/mol. The Morgan fingerprint density at radius 2 is 1.61 bits per heavy atom. The van der Waals surface area contributed by atoms with Gasteiger partial charge in [-0.15, -0.1) is 0 Å². The zero-order valence-electron chi connectivity index (χ0n) is 20.8. The van der Waals surface area contributed by atoms with Gasteiger partial charge in [0.25, 0.3) is 5.91 Å². The second kappa shape index (κ2) is 12.0. The number of nitrogens with one attached hydrogen (secondary N) is 1. The lowest BCUT2D eigenvalue weighted by Gasteiger charge is -2.28. The SMILES string of the molecule is CCCN(CC(=O)N(CCc1c[nH]c2ccccc12)Cc1ccc(C)cc1)C(=O)c1ccccc1Br. The summed E-state index contributed by atoms with van der Waals surface area (Å²) in [5.41, 5.74) is 5.11. The Morgan fingerprint density at radius 1 is 0.889 bits per heavy atom. The molecular weight excluding hydrogens is 514 g/mol. The van der Waals surface area contributed by atoms with Crippen LogP contribution in [0.3, 0.4) is 0 Å². The molecule has 0 radical (unpaired) electrons. The molecule has 0 bridgehead atoms. The highest BCUT2D eigenvalue weighted by molar-refractivity contribution is 9.10. The van der Waals surface area contributed by atoms with E-state index in [0.29, 0.717) is 25.2 Å². The maximum absolute atomic E-state index is 13.7. The highest BCUT2D eigenvalue weighted by Gasteiger charge is 2.23. The van der Waals surface area contributed by atoms with Crippen LogP contribution in [0.25, 0.3) is 10.9 Å². The number of para-hydroxylation sites is 1. The highest BCUT2D eigenvalue weighted by atomic mass is 79.9. The molecule has 0 spiro atoms. The summed E-state index contributed by atoms with van der Waals surface area (Å²) in [7, 11) is 0. The van der Waals surface area contributed by atoms with E-state index in [1.165, 1.54) is 16.5 Å². The molecule has 0 saturated heterocycles. The van der Waals surface area contributed by atoms with Crippen LogP contribution in [-0.4, -0.2) is 46.2 Å². The quantitative estimate of drug-likeness (QED) is 0.252. The molecule has 186 valence electrons. The monoisotopic (exact) mass is 545 g/mol. The van der Waals surface area contributed by atoms with E-state index < -0.39 is 0 Å². The van der Waals surface area contributed by atoms with Gasteiger partial charge < -0.3 is 14.8 Å². The second-order valence-corrected chi connectivity index (χ2v) is 9.97. The smallest absolute Gasteiger partial charge is 0.255 e. The van der Waals surface area contributed by atoms with Crippen molar-refractivity contribution in [2.75, 3.05) is 19.6 Å². The van der Waals surface area contributed by atoms with E-state index in [4.69, 9.17) is 0 Å². The summed E-state index contributed by atoms with van der Waals surface area (Å²) in [5.74, 6) is -0.186. The van der Waals surface area contributed by atoms with Gasteiger partial charge in [-0.3, -0.25) is 9.59 Å². The molecule has 0 unspecified atom stereocenters. The van der Waals surface area contributed by atoms with Gasteiger partial charge in [0, 0.05) is 41.2 Å². The van der Waals surface area contributed by atoms with Gasteiger partial charge in [0.1, 0.15) is 6.54 Å². The van der Waals surface area contributed by atoms with Crippen LogP contribution in [0.15, 0.2) is 83.5 Å². The molecule has 0 atom stereocenters. The number of carbonyl (C=O) groups is 2. The van der Waals surface area contributed by atoms with E-state index in [1.54, 1.807) is 11.0 Å². The maximum atomic E-state index is 13.7. The van der Waals surface area contributed by atoms with Gasteiger partial charge in [-0.2, -0.15) is 0 Å². The van der Waals surface area contributed by atoms with Gasteiger partial charge in [0.05, 0.1) is 5.56 Å². The number of fused-ring (bicyclic) bond motifs is 1. The van der Waals surface area contributed by atoms with Crippen LogP contribution in [0.2, 0.25) is 0 Å². The summed E-state index contributed by atoms with van der Waals surface area (Å²) in [5, 5.41) is 1.18. The number of aryl methyl sites for hydroxylation is 1. The van der Waals surface area contributed by atoms with Crippen molar-refractivity contribution in [1.82, 2.24) is 14.8 Å². The Bertz CT molecular complexity index is 1330. The van der Waals surface area contributed by atoms with E-state index in [9.17, 15) is 9.59 Å². The summed E-state index contributed by atoms with van der Waals surface area (Å²) < 4.78 is 0.736. The minimum atomic E-state index is -0.135. The van der Waals surface area contributed by atoms with Crippen LogP contribution in [0.5, 0.6) is 0 Å². The molecule has 4 aromatic rings. The van der Waals surface area contributed by atoms with Crippen LogP contribution in [0, 0.1) is 6.92 Å². The number of nitrogens with zero attached hydrogens (tertiary/aromatic N) is 2. The zero-order valence-corrected chi connectivity index (χ0v) is 22.4. The molecule has 2 amide bonds. The molecule has 0 aliphatic heterocycles. The molecule has 1 aromatic heterocycles. The highest BCUT2D eigenvalue weighted by Crippen LogP contribution is 2.20. The van der Waals surface area contributed by atoms with Crippen LogP contribution in [0.1, 0.15) is 40.4 Å². The van der Waals surface area contributed by atoms with Gasteiger partial charge >= 0.3 is 0 Å². The first-order valence-corrected chi connectivity index (χ1v) is 13.2. The van der Waals surface area contributed by atoms with Crippen LogP contribution >= 0.6 is 15.9 Å². The molecule has 6 heteroatoms. The number of rotatable bonds is 10. The van der Waals surface area contributed by atoms with Crippen molar-refractivity contribution >= 4 is 38.6 Å². The first-order chi connectivity index (χ1) is 17.5. The molecule has 1 N–H and O–H groups in total. The van der Waals surface area contributed by atoms with E-state index in [-0.39, 0.29) is 18.4 Å². The predicted octanol–water partition coefficient (Wildman–Crippen LogP) is 6.36. The van der Waals surface area contributed by atoms with Crippen molar-refractivity contribution in [2.24, 2.45) is 0 Å². The normalized spacial score (nSPS) is 11.0. The summed E-state index contributed by atoms with van der Waals surface area (Å²) >= 11 is 3.48. The van der Waals surface area contributed by atoms with Crippen molar-refractivity contribution in [1.29, 1.82) is 0 Å². The second-order valence-electron chi connectivity index (χ2n) is 9.12. The summed E-state index contributed by atoms with van der Waals surface area (Å²) in [6.07, 6.45) is 3.53. The third kappa shape index (κ3) is 6.24. The molecule has 5 nitrogen and oxygen atoms in total. The average Bonchev–Trinajstić information content (AvgIpc) is 3.30. The Kier molecular flexibility index (Phi) is 8.60. The Labute approximate surface area is 221 Å². The fraction of sp³-hybridized carbons (Fsp3) is 0.267. The average molecular weight is 547 g/mol. The number of halogens is 1. The Morgan fingerprint density at radius 3 is 2.36 bits per heavy atom. The minimum absolute atomic E-state index is 0.0494. The molecule has 1 heterocycles.